The molecule has 0 bridgehead atoms. The Labute approximate surface area is 60.2 Å². The highest BCUT2D eigenvalue weighted by atomic mass is 32.4. The van der Waals surface area contributed by atoms with E-state index in [4.69, 9.17) is 22.8 Å². The van der Waals surface area contributed by atoms with Crippen molar-refractivity contribution in [1.82, 2.24) is 0 Å². The molecule has 0 aromatic rings. The van der Waals surface area contributed by atoms with Crippen LogP contribution >= 0.6 is 6.26 Å². The molecule has 0 saturated carbocycles. The Morgan fingerprint density at radius 2 is 2.56 bits per heavy atom. The molecule has 0 saturated heterocycles. The molecule has 0 spiro atoms. The lowest BCUT2D eigenvalue weighted by atomic mass is 10.4. The van der Waals surface area contributed by atoms with E-state index < -0.39 is 6.26 Å². The Balaban J connectivity index is 2.74. The van der Waals surface area contributed by atoms with Crippen LogP contribution in [-0.2, 0) is 16.3 Å². The van der Waals surface area contributed by atoms with Crippen molar-refractivity contribution in [2.45, 2.75) is 6.10 Å². The van der Waals surface area contributed by atoms with E-state index in [9.17, 15) is 0 Å². The molecular formula is C6H7OPS. The van der Waals surface area contributed by atoms with Crippen molar-refractivity contribution in [2.24, 2.45) is 0 Å². The maximum Gasteiger partial charge on any atom is 0.142 e. The molecule has 0 amide bonds. The number of terminal acetylenes is 1. The summed E-state index contributed by atoms with van der Waals surface area (Å²) in [4.78, 5) is 0. The summed E-state index contributed by atoms with van der Waals surface area (Å²) in [7, 11) is 0. The molecule has 0 fully saturated rings. The summed E-state index contributed by atoms with van der Waals surface area (Å²) in [5.41, 5.74) is 0. The van der Waals surface area contributed by atoms with Gasteiger partial charge in [-0.25, -0.2) is 0 Å². The molecule has 0 aliphatic carbocycles. The average Bonchev–Trinajstić information content (AvgIpc) is 2.10. The fourth-order valence-electron chi connectivity index (χ4n) is 0.616. The number of hydrogen-bond acceptors (Lipinski definition) is 2. The third kappa shape index (κ3) is 1.66. The standard InChI is InChI=1S/C6H7OPS/c1-3-6-4-5-8(2,9)7-6/h1,4-6H,2H3. The Hall–Kier alpha value is -0.0900. The first kappa shape index (κ1) is 7.02. The van der Waals surface area contributed by atoms with Gasteiger partial charge in [0.1, 0.15) is 6.10 Å². The fraction of sp³-hybridized carbons (Fsp3) is 0.333. The zero-order valence-electron chi connectivity index (χ0n) is 5.07. The summed E-state index contributed by atoms with van der Waals surface area (Å²) >= 11 is 5.06. The van der Waals surface area contributed by atoms with Crippen LogP contribution in [-0.4, -0.2) is 12.8 Å². The van der Waals surface area contributed by atoms with Crippen LogP contribution in [0.1, 0.15) is 0 Å². The Morgan fingerprint density at radius 1 is 1.89 bits per heavy atom. The van der Waals surface area contributed by atoms with Gasteiger partial charge in [0.05, 0.1) is 6.26 Å². The highest BCUT2D eigenvalue weighted by molar-refractivity contribution is 8.13. The lowest BCUT2D eigenvalue weighted by molar-refractivity contribution is 0.355. The van der Waals surface area contributed by atoms with Crippen LogP contribution in [0.2, 0.25) is 0 Å². The second-order valence-electron chi connectivity index (χ2n) is 1.94. The highest BCUT2D eigenvalue weighted by Gasteiger charge is 2.17. The van der Waals surface area contributed by atoms with Crippen molar-refractivity contribution in [3.8, 4) is 12.3 Å². The minimum Gasteiger partial charge on any atom is -0.327 e. The van der Waals surface area contributed by atoms with E-state index >= 15 is 0 Å². The molecule has 9 heavy (non-hydrogen) atoms. The zero-order chi connectivity index (χ0) is 6.91. The summed E-state index contributed by atoms with van der Waals surface area (Å²) < 4.78 is 5.28. The van der Waals surface area contributed by atoms with Gasteiger partial charge in [-0.2, -0.15) is 0 Å². The lowest BCUT2D eigenvalue weighted by Crippen LogP contribution is -1.96. The molecule has 1 heterocycles. The Kier molecular flexibility index (Phi) is 1.77. The van der Waals surface area contributed by atoms with Crippen molar-refractivity contribution >= 4 is 18.1 Å². The van der Waals surface area contributed by atoms with Gasteiger partial charge in [0, 0.05) is 0 Å². The van der Waals surface area contributed by atoms with Crippen molar-refractivity contribution in [2.75, 3.05) is 6.66 Å². The van der Waals surface area contributed by atoms with Crippen molar-refractivity contribution in [3.05, 3.63) is 11.9 Å². The van der Waals surface area contributed by atoms with E-state index in [-0.39, 0.29) is 6.10 Å². The van der Waals surface area contributed by atoms with Crippen LogP contribution < -0.4 is 0 Å². The van der Waals surface area contributed by atoms with E-state index in [0.717, 1.165) is 0 Å². The molecular weight excluding hydrogens is 151 g/mol. The van der Waals surface area contributed by atoms with Gasteiger partial charge in [-0.05, 0) is 18.6 Å². The van der Waals surface area contributed by atoms with E-state index in [1.165, 1.54) is 0 Å². The van der Waals surface area contributed by atoms with E-state index in [2.05, 4.69) is 5.92 Å². The summed E-state index contributed by atoms with van der Waals surface area (Å²) in [5, 5.41) is 0. The highest BCUT2D eigenvalue weighted by Crippen LogP contribution is 2.50. The van der Waals surface area contributed by atoms with Gasteiger partial charge in [0.25, 0.3) is 0 Å². The molecule has 1 aliphatic rings. The van der Waals surface area contributed by atoms with Gasteiger partial charge in [-0.15, -0.1) is 6.42 Å². The van der Waals surface area contributed by atoms with Gasteiger partial charge in [0.15, 0.2) is 0 Å². The van der Waals surface area contributed by atoms with Crippen LogP contribution in [0.5, 0.6) is 0 Å². The molecule has 0 radical (unpaired) electrons. The Bertz CT molecular complexity index is 226. The van der Waals surface area contributed by atoms with E-state index in [0.29, 0.717) is 0 Å². The van der Waals surface area contributed by atoms with Crippen molar-refractivity contribution in [3.63, 3.8) is 0 Å². The van der Waals surface area contributed by atoms with Crippen LogP contribution in [0.3, 0.4) is 0 Å². The van der Waals surface area contributed by atoms with E-state index in [1.807, 2.05) is 18.6 Å². The maximum atomic E-state index is 5.28. The van der Waals surface area contributed by atoms with Crippen LogP contribution in [0.4, 0.5) is 0 Å². The first-order valence-electron chi connectivity index (χ1n) is 2.55. The third-order valence-corrected chi connectivity index (χ3v) is 3.00. The molecule has 3 heteroatoms. The maximum absolute atomic E-state index is 5.28. The largest absolute Gasteiger partial charge is 0.327 e. The predicted octanol–water partition coefficient (Wildman–Crippen LogP) is 1.56. The summed E-state index contributed by atoms with van der Waals surface area (Å²) in [6, 6.07) is 0. The second kappa shape index (κ2) is 2.27. The van der Waals surface area contributed by atoms with Gasteiger partial charge < -0.3 is 4.52 Å². The first-order valence-corrected chi connectivity index (χ1v) is 5.79. The molecule has 1 nitrogen and oxygen atoms in total. The molecule has 0 aromatic heterocycles. The van der Waals surface area contributed by atoms with Gasteiger partial charge in [-0.3, -0.25) is 0 Å². The summed E-state index contributed by atoms with van der Waals surface area (Å²) in [5.74, 6) is 4.38. The topological polar surface area (TPSA) is 9.23 Å². The average molecular weight is 158 g/mol. The SMILES string of the molecule is C#CC1C=CP(C)(=S)O1. The second-order valence-corrected chi connectivity index (χ2v) is 6.44. The molecule has 1 aliphatic heterocycles. The third-order valence-electron chi connectivity index (χ3n) is 1.02. The normalized spacial score (nSPS) is 40.7. The minimum absolute atomic E-state index is 0.166. The molecule has 2 unspecified atom stereocenters. The molecule has 0 aromatic carbocycles. The molecule has 1 rings (SSSR count). The number of rotatable bonds is 0. The predicted molar refractivity (Wildman–Crippen MR) is 43.1 cm³/mol. The van der Waals surface area contributed by atoms with Crippen molar-refractivity contribution in [1.29, 1.82) is 0 Å². The summed E-state index contributed by atoms with van der Waals surface area (Å²) in [6.45, 7) is 1.91. The molecule has 48 valence electrons. The quantitative estimate of drug-likeness (QED) is 0.391. The van der Waals surface area contributed by atoms with Crippen molar-refractivity contribution < 1.29 is 4.52 Å². The smallest absolute Gasteiger partial charge is 0.142 e. The van der Waals surface area contributed by atoms with Gasteiger partial charge >= 0.3 is 0 Å². The Morgan fingerprint density at radius 3 is 2.78 bits per heavy atom. The zero-order valence-corrected chi connectivity index (χ0v) is 6.78. The van der Waals surface area contributed by atoms with Crippen LogP contribution in [0.15, 0.2) is 11.9 Å². The summed E-state index contributed by atoms with van der Waals surface area (Å²) in [6.07, 6.45) is 5.18. The fourth-order valence-corrected chi connectivity index (χ4v) is 2.23. The number of hydrogen-bond donors (Lipinski definition) is 0. The van der Waals surface area contributed by atoms with Crippen LogP contribution in [0, 0.1) is 12.3 Å². The minimum atomic E-state index is -1.61. The lowest BCUT2D eigenvalue weighted by Gasteiger charge is -2.06. The first-order chi connectivity index (χ1) is 4.14. The molecule has 0 N–H and O–H groups in total. The monoisotopic (exact) mass is 158 g/mol. The van der Waals surface area contributed by atoms with Gasteiger partial charge in [-0.1, -0.05) is 17.7 Å². The van der Waals surface area contributed by atoms with Crippen LogP contribution in [0.25, 0.3) is 0 Å². The van der Waals surface area contributed by atoms with E-state index in [1.54, 1.807) is 0 Å². The molecule has 2 atom stereocenters. The van der Waals surface area contributed by atoms with Gasteiger partial charge in [0.2, 0.25) is 0 Å².